The van der Waals surface area contributed by atoms with Crippen molar-refractivity contribution in [3.8, 4) is 11.5 Å². The van der Waals surface area contributed by atoms with Gasteiger partial charge in [-0.2, -0.15) is 0 Å². The van der Waals surface area contributed by atoms with Crippen molar-refractivity contribution < 1.29 is 9.84 Å². The minimum atomic E-state index is 0.144. The molecule has 0 atom stereocenters. The van der Waals surface area contributed by atoms with E-state index in [1.54, 1.807) is 6.92 Å². The van der Waals surface area contributed by atoms with Crippen LogP contribution in [0, 0.1) is 6.92 Å². The van der Waals surface area contributed by atoms with E-state index in [1.165, 1.54) is 13.2 Å². The highest BCUT2D eigenvalue weighted by Gasteiger charge is 2.05. The summed E-state index contributed by atoms with van der Waals surface area (Å²) >= 11 is 3.19. The maximum atomic E-state index is 9.19. The molecule has 1 N–H and O–H groups in total. The van der Waals surface area contributed by atoms with E-state index in [0.29, 0.717) is 16.0 Å². The van der Waals surface area contributed by atoms with E-state index < -0.39 is 0 Å². The number of pyridine rings is 1. The molecule has 3 nitrogen and oxygen atoms in total. The van der Waals surface area contributed by atoms with Crippen LogP contribution in [0.5, 0.6) is 11.5 Å². The lowest BCUT2D eigenvalue weighted by molar-refractivity contribution is 0.400. The summed E-state index contributed by atoms with van der Waals surface area (Å²) in [6.07, 6.45) is 0. The maximum absolute atomic E-state index is 9.19. The molecule has 4 heteroatoms. The molecule has 0 fully saturated rings. The molecular formula is C7H8BrNO2. The van der Waals surface area contributed by atoms with Crippen molar-refractivity contribution in [1.29, 1.82) is 0 Å². The largest absolute Gasteiger partial charge is 0.506 e. The molecule has 0 saturated heterocycles. The molecule has 0 saturated carbocycles. The number of methoxy groups -OCH3 is 1. The van der Waals surface area contributed by atoms with Gasteiger partial charge < -0.3 is 9.84 Å². The topological polar surface area (TPSA) is 42.4 Å². The first-order chi connectivity index (χ1) is 5.15. The quantitative estimate of drug-likeness (QED) is 0.731. The summed E-state index contributed by atoms with van der Waals surface area (Å²) in [5, 5.41) is 9.19. The normalized spacial score (nSPS) is 9.73. The maximum Gasteiger partial charge on any atom is 0.155 e. The number of nitrogens with zero attached hydrogens (tertiary/aromatic N) is 1. The highest BCUT2D eigenvalue weighted by atomic mass is 79.9. The Bertz CT molecular complexity index is 275. The second kappa shape index (κ2) is 3.09. The SMILES string of the molecule is COc1cc(O)c(C)nc1Br. The molecular weight excluding hydrogens is 210 g/mol. The molecule has 60 valence electrons. The van der Waals surface area contributed by atoms with Crippen molar-refractivity contribution in [1.82, 2.24) is 4.98 Å². The van der Waals surface area contributed by atoms with E-state index in [4.69, 9.17) is 4.74 Å². The van der Waals surface area contributed by atoms with E-state index >= 15 is 0 Å². The van der Waals surface area contributed by atoms with Crippen molar-refractivity contribution >= 4 is 15.9 Å². The number of aryl methyl sites for hydroxylation is 1. The van der Waals surface area contributed by atoms with E-state index in [9.17, 15) is 5.11 Å². The molecule has 1 aromatic heterocycles. The van der Waals surface area contributed by atoms with Gasteiger partial charge in [0.15, 0.2) is 5.75 Å². The molecule has 0 spiro atoms. The third-order valence-corrected chi connectivity index (χ3v) is 1.90. The van der Waals surface area contributed by atoms with Crippen LogP contribution in [0.3, 0.4) is 0 Å². The lowest BCUT2D eigenvalue weighted by Crippen LogP contribution is -1.89. The second-order valence-electron chi connectivity index (χ2n) is 2.09. The summed E-state index contributed by atoms with van der Waals surface area (Å²) in [5.74, 6) is 0.679. The van der Waals surface area contributed by atoms with Crippen molar-refractivity contribution in [2.75, 3.05) is 7.11 Å². The predicted octanol–water partition coefficient (Wildman–Crippen LogP) is 1.87. The summed E-state index contributed by atoms with van der Waals surface area (Å²) in [6, 6.07) is 1.52. The zero-order valence-corrected chi connectivity index (χ0v) is 7.84. The molecule has 0 radical (unpaired) electrons. The van der Waals surface area contributed by atoms with E-state index in [1.807, 2.05) is 0 Å². The number of halogens is 1. The fraction of sp³-hybridized carbons (Fsp3) is 0.286. The molecule has 0 aliphatic carbocycles. The molecule has 0 unspecified atom stereocenters. The van der Waals surface area contributed by atoms with E-state index in [-0.39, 0.29) is 5.75 Å². The van der Waals surface area contributed by atoms with Crippen molar-refractivity contribution in [3.63, 3.8) is 0 Å². The second-order valence-corrected chi connectivity index (χ2v) is 2.84. The number of aromatic nitrogens is 1. The van der Waals surface area contributed by atoms with Gasteiger partial charge in [0, 0.05) is 6.07 Å². The minimum absolute atomic E-state index is 0.144. The molecule has 1 aromatic rings. The van der Waals surface area contributed by atoms with Gasteiger partial charge in [0.05, 0.1) is 12.8 Å². The number of aromatic hydroxyl groups is 1. The first-order valence-corrected chi connectivity index (χ1v) is 3.84. The van der Waals surface area contributed by atoms with Gasteiger partial charge in [-0.3, -0.25) is 0 Å². The molecule has 0 amide bonds. The zero-order valence-electron chi connectivity index (χ0n) is 6.26. The molecule has 1 heterocycles. The third-order valence-electron chi connectivity index (χ3n) is 1.33. The van der Waals surface area contributed by atoms with Crippen LogP contribution in [0.4, 0.5) is 0 Å². The van der Waals surface area contributed by atoms with Gasteiger partial charge in [0.2, 0.25) is 0 Å². The Hall–Kier alpha value is -0.770. The summed E-state index contributed by atoms with van der Waals surface area (Å²) in [5.41, 5.74) is 0.581. The van der Waals surface area contributed by atoms with Gasteiger partial charge in [0.25, 0.3) is 0 Å². The molecule has 0 aromatic carbocycles. The smallest absolute Gasteiger partial charge is 0.155 e. The standard InChI is InChI=1S/C7H8BrNO2/c1-4-5(10)3-6(11-2)7(8)9-4/h3,10H,1-2H3. The van der Waals surface area contributed by atoms with Crippen LogP contribution in [0.2, 0.25) is 0 Å². The van der Waals surface area contributed by atoms with Crippen LogP contribution >= 0.6 is 15.9 Å². The van der Waals surface area contributed by atoms with E-state index in [2.05, 4.69) is 20.9 Å². The monoisotopic (exact) mass is 217 g/mol. The van der Waals surface area contributed by atoms with Crippen molar-refractivity contribution in [2.45, 2.75) is 6.92 Å². The Labute approximate surface area is 73.2 Å². The molecule has 0 bridgehead atoms. The summed E-state index contributed by atoms with van der Waals surface area (Å²) in [6.45, 7) is 1.72. The van der Waals surface area contributed by atoms with Crippen molar-refractivity contribution in [2.24, 2.45) is 0 Å². The fourth-order valence-corrected chi connectivity index (χ4v) is 1.23. The first-order valence-electron chi connectivity index (χ1n) is 3.05. The van der Waals surface area contributed by atoms with Gasteiger partial charge in [0.1, 0.15) is 10.4 Å². The summed E-state index contributed by atoms with van der Waals surface area (Å²) in [4.78, 5) is 3.99. The number of rotatable bonds is 1. The first kappa shape index (κ1) is 8.33. The Morgan fingerprint density at radius 2 is 2.27 bits per heavy atom. The Kier molecular flexibility index (Phi) is 2.34. The van der Waals surface area contributed by atoms with Gasteiger partial charge in [-0.25, -0.2) is 4.98 Å². The lowest BCUT2D eigenvalue weighted by atomic mass is 10.3. The lowest BCUT2D eigenvalue weighted by Gasteiger charge is -2.04. The predicted molar refractivity (Wildman–Crippen MR) is 44.9 cm³/mol. The fourth-order valence-electron chi connectivity index (χ4n) is 0.691. The highest BCUT2D eigenvalue weighted by molar-refractivity contribution is 9.10. The molecule has 1 rings (SSSR count). The van der Waals surface area contributed by atoms with Gasteiger partial charge >= 0.3 is 0 Å². The number of hydrogen-bond donors (Lipinski definition) is 1. The zero-order chi connectivity index (χ0) is 8.43. The summed E-state index contributed by atoms with van der Waals surface area (Å²) < 4.78 is 5.52. The summed E-state index contributed by atoms with van der Waals surface area (Å²) in [7, 11) is 1.52. The molecule has 0 aliphatic heterocycles. The Morgan fingerprint density at radius 1 is 1.64 bits per heavy atom. The Morgan fingerprint density at radius 3 is 2.82 bits per heavy atom. The number of ether oxygens (including phenoxy) is 1. The molecule has 11 heavy (non-hydrogen) atoms. The van der Waals surface area contributed by atoms with Gasteiger partial charge in [-0.1, -0.05) is 0 Å². The van der Waals surface area contributed by atoms with Crippen LogP contribution < -0.4 is 4.74 Å². The van der Waals surface area contributed by atoms with E-state index in [0.717, 1.165) is 0 Å². The number of hydrogen-bond acceptors (Lipinski definition) is 3. The van der Waals surface area contributed by atoms with Gasteiger partial charge in [-0.15, -0.1) is 0 Å². The van der Waals surface area contributed by atoms with Crippen LogP contribution in [-0.4, -0.2) is 17.2 Å². The van der Waals surface area contributed by atoms with Gasteiger partial charge in [-0.05, 0) is 22.9 Å². The average Bonchev–Trinajstić information content (AvgIpc) is 1.97. The third kappa shape index (κ3) is 1.63. The van der Waals surface area contributed by atoms with Crippen LogP contribution in [-0.2, 0) is 0 Å². The van der Waals surface area contributed by atoms with Crippen LogP contribution in [0.15, 0.2) is 10.7 Å². The minimum Gasteiger partial charge on any atom is -0.506 e. The highest BCUT2D eigenvalue weighted by Crippen LogP contribution is 2.28. The van der Waals surface area contributed by atoms with Crippen LogP contribution in [0.25, 0.3) is 0 Å². The Balaban J connectivity index is 3.21. The van der Waals surface area contributed by atoms with Crippen molar-refractivity contribution in [3.05, 3.63) is 16.4 Å². The average molecular weight is 218 g/mol. The van der Waals surface area contributed by atoms with Crippen LogP contribution in [0.1, 0.15) is 5.69 Å². The molecule has 0 aliphatic rings.